The lowest BCUT2D eigenvalue weighted by Crippen LogP contribution is -2.31. The highest BCUT2D eigenvalue weighted by Gasteiger charge is 2.38. The van der Waals surface area contributed by atoms with Crippen molar-refractivity contribution < 1.29 is 27.4 Å². The Morgan fingerprint density at radius 2 is 1.73 bits per heavy atom. The minimum Gasteiger partial charge on any atom is -0.466 e. The van der Waals surface area contributed by atoms with Gasteiger partial charge in [-0.25, -0.2) is 14.7 Å². The SMILES string of the molecule is CCOC(=O)C[C@@H](C)c1ccc(N(CC(C)C)CC(C)C)c(Nc2nc(C(F)(F)F)n(COCCS(C)(C)C)n2)c1. The van der Waals surface area contributed by atoms with Crippen LogP contribution in [0.5, 0.6) is 0 Å². The van der Waals surface area contributed by atoms with E-state index < -0.39 is 22.0 Å². The molecule has 2 aromatic rings. The van der Waals surface area contributed by atoms with Crippen molar-refractivity contribution in [3.63, 3.8) is 0 Å². The number of anilines is 3. The number of rotatable bonds is 16. The Hall–Kier alpha value is -2.47. The molecule has 0 amide bonds. The minimum atomic E-state index is -4.70. The Bertz CT molecular complexity index is 1110. The molecule has 41 heavy (non-hydrogen) atoms. The van der Waals surface area contributed by atoms with E-state index >= 15 is 0 Å². The number of ether oxygens (including phenoxy) is 2. The molecule has 0 fully saturated rings. The highest BCUT2D eigenvalue weighted by molar-refractivity contribution is 8.32. The fourth-order valence-electron chi connectivity index (χ4n) is 4.25. The van der Waals surface area contributed by atoms with Crippen molar-refractivity contribution in [1.29, 1.82) is 0 Å². The molecule has 0 aliphatic rings. The average Bonchev–Trinajstić information content (AvgIpc) is 3.23. The van der Waals surface area contributed by atoms with Gasteiger partial charge < -0.3 is 19.7 Å². The number of benzene rings is 1. The Labute approximate surface area is 244 Å². The van der Waals surface area contributed by atoms with Gasteiger partial charge in [0.25, 0.3) is 0 Å². The minimum absolute atomic E-state index is 0.165. The number of hydrogen-bond acceptors (Lipinski definition) is 7. The van der Waals surface area contributed by atoms with Crippen LogP contribution in [0.2, 0.25) is 0 Å². The van der Waals surface area contributed by atoms with E-state index in [1.807, 2.05) is 25.1 Å². The maximum atomic E-state index is 13.9. The number of esters is 1. The summed E-state index contributed by atoms with van der Waals surface area (Å²) in [6.07, 6.45) is 1.85. The number of hydrogen-bond donors (Lipinski definition) is 1. The molecule has 0 saturated carbocycles. The van der Waals surface area contributed by atoms with E-state index in [2.05, 4.69) is 66.8 Å². The van der Waals surface area contributed by atoms with Crippen LogP contribution in [0.4, 0.5) is 30.5 Å². The largest absolute Gasteiger partial charge is 0.466 e. The zero-order chi connectivity index (χ0) is 31.0. The molecule has 2 rings (SSSR count). The van der Waals surface area contributed by atoms with E-state index in [0.717, 1.165) is 34.8 Å². The monoisotopic (exact) mass is 603 g/mol. The van der Waals surface area contributed by atoms with Crippen LogP contribution < -0.4 is 10.2 Å². The van der Waals surface area contributed by atoms with Crippen LogP contribution in [-0.2, 0) is 27.2 Å². The van der Waals surface area contributed by atoms with Crippen molar-refractivity contribution in [1.82, 2.24) is 14.8 Å². The third-order valence-electron chi connectivity index (χ3n) is 6.10. The van der Waals surface area contributed by atoms with Gasteiger partial charge in [0, 0.05) is 18.8 Å². The third-order valence-corrected chi connectivity index (χ3v) is 7.50. The number of nitrogens with zero attached hydrogens (tertiary/aromatic N) is 4. The van der Waals surface area contributed by atoms with Crippen molar-refractivity contribution in [2.75, 3.05) is 61.0 Å². The Balaban J connectivity index is 2.48. The van der Waals surface area contributed by atoms with E-state index in [-0.39, 0.29) is 31.0 Å². The maximum absolute atomic E-state index is 13.9. The number of halogens is 3. The van der Waals surface area contributed by atoms with E-state index in [4.69, 9.17) is 9.47 Å². The third kappa shape index (κ3) is 11.7. The first-order valence-corrected chi connectivity index (χ1v) is 17.1. The molecule has 1 N–H and O–H groups in total. The smallest absolute Gasteiger partial charge is 0.451 e. The number of carbonyl (C=O) groups is 1. The molecule has 234 valence electrons. The summed E-state index contributed by atoms with van der Waals surface area (Å²) in [5, 5.41) is 7.21. The van der Waals surface area contributed by atoms with Gasteiger partial charge in [0.05, 0.1) is 31.0 Å². The summed E-state index contributed by atoms with van der Waals surface area (Å²) in [6.45, 7) is 14.0. The van der Waals surface area contributed by atoms with Gasteiger partial charge in [-0.3, -0.25) is 4.79 Å². The zero-order valence-corrected chi connectivity index (χ0v) is 26.8. The Morgan fingerprint density at radius 1 is 1.10 bits per heavy atom. The van der Waals surface area contributed by atoms with Crippen LogP contribution in [0.3, 0.4) is 0 Å². The summed E-state index contributed by atoms with van der Waals surface area (Å²) in [6, 6.07) is 5.77. The molecule has 0 unspecified atom stereocenters. The summed E-state index contributed by atoms with van der Waals surface area (Å²) in [7, 11) is -0.844. The van der Waals surface area contributed by atoms with E-state index in [9.17, 15) is 18.0 Å². The molecule has 0 bridgehead atoms. The quantitative estimate of drug-likeness (QED) is 0.165. The van der Waals surface area contributed by atoms with Gasteiger partial charge >= 0.3 is 12.1 Å². The van der Waals surface area contributed by atoms with Crippen LogP contribution in [0.1, 0.15) is 65.3 Å². The van der Waals surface area contributed by atoms with Gasteiger partial charge in [0.15, 0.2) is 0 Å². The average molecular weight is 604 g/mol. The molecule has 1 atom stereocenters. The molecule has 0 aliphatic heterocycles. The molecule has 1 aromatic heterocycles. The fraction of sp³-hybridized carbons (Fsp3) is 0.690. The fourth-order valence-corrected chi connectivity index (χ4v) is 4.87. The molecule has 0 aliphatic carbocycles. The van der Waals surface area contributed by atoms with Crippen LogP contribution in [0.15, 0.2) is 18.2 Å². The summed E-state index contributed by atoms with van der Waals surface area (Å²) in [5.41, 5.74) is 2.25. The number of nitrogens with one attached hydrogen (secondary N) is 1. The van der Waals surface area contributed by atoms with E-state index in [1.165, 1.54) is 0 Å². The Morgan fingerprint density at radius 3 is 2.27 bits per heavy atom. The second-order valence-corrected chi connectivity index (χ2v) is 16.7. The second-order valence-electron chi connectivity index (χ2n) is 12.1. The van der Waals surface area contributed by atoms with Crippen molar-refractivity contribution in [3.05, 3.63) is 29.6 Å². The van der Waals surface area contributed by atoms with E-state index in [0.29, 0.717) is 30.7 Å². The molecular weight excluding hydrogens is 555 g/mol. The predicted molar refractivity (Wildman–Crippen MR) is 162 cm³/mol. The molecule has 0 spiro atoms. The molecule has 12 heteroatoms. The van der Waals surface area contributed by atoms with Gasteiger partial charge in [-0.15, -0.1) is 5.10 Å². The molecule has 8 nitrogen and oxygen atoms in total. The van der Waals surface area contributed by atoms with Crippen LogP contribution in [0.25, 0.3) is 0 Å². The number of aromatic nitrogens is 3. The van der Waals surface area contributed by atoms with Gasteiger partial charge in [-0.1, -0.05) is 40.7 Å². The maximum Gasteiger partial charge on any atom is 0.451 e. The molecule has 1 heterocycles. The van der Waals surface area contributed by atoms with Crippen LogP contribution in [-0.4, -0.2) is 71.6 Å². The lowest BCUT2D eigenvalue weighted by atomic mass is 9.96. The van der Waals surface area contributed by atoms with Gasteiger partial charge in [0.2, 0.25) is 11.8 Å². The van der Waals surface area contributed by atoms with Crippen molar-refractivity contribution in [2.45, 2.75) is 66.8 Å². The summed E-state index contributed by atoms with van der Waals surface area (Å²) < 4.78 is 53.1. The molecule has 1 aromatic carbocycles. The highest BCUT2D eigenvalue weighted by atomic mass is 32.3. The zero-order valence-electron chi connectivity index (χ0n) is 26.0. The first kappa shape index (κ1) is 34.7. The molecule has 0 saturated heterocycles. The van der Waals surface area contributed by atoms with Gasteiger partial charge in [-0.05, 0) is 61.1 Å². The Kier molecular flexibility index (Phi) is 12.8. The summed E-state index contributed by atoms with van der Waals surface area (Å²) in [4.78, 5) is 18.2. The molecular formula is C29H48F3N5O3S. The first-order chi connectivity index (χ1) is 19.0. The van der Waals surface area contributed by atoms with Crippen molar-refractivity contribution in [3.8, 4) is 0 Å². The van der Waals surface area contributed by atoms with Gasteiger partial charge in [-0.2, -0.15) is 18.2 Å². The lowest BCUT2D eigenvalue weighted by molar-refractivity contribution is -0.150. The van der Waals surface area contributed by atoms with E-state index in [1.54, 1.807) is 6.92 Å². The van der Waals surface area contributed by atoms with Crippen LogP contribution >= 0.6 is 10.0 Å². The molecule has 0 radical (unpaired) electrons. The topological polar surface area (TPSA) is 81.5 Å². The summed E-state index contributed by atoms with van der Waals surface area (Å²) in [5.74, 6) is -0.290. The van der Waals surface area contributed by atoms with Crippen molar-refractivity contribution in [2.24, 2.45) is 11.8 Å². The summed E-state index contributed by atoms with van der Waals surface area (Å²) >= 11 is 0. The van der Waals surface area contributed by atoms with Crippen LogP contribution in [0, 0.1) is 11.8 Å². The first-order valence-electron chi connectivity index (χ1n) is 14.1. The highest BCUT2D eigenvalue weighted by Crippen LogP contribution is 2.36. The lowest BCUT2D eigenvalue weighted by Gasteiger charge is -2.31. The number of alkyl halides is 3. The predicted octanol–water partition coefficient (Wildman–Crippen LogP) is 6.88. The second kappa shape index (κ2) is 15.1. The standard InChI is InChI=1S/C29H48F3N5O3S/c1-10-40-26(38)15-22(6)23-11-12-25(36(17-20(2)3)18-21(4)5)24(16-23)33-28-34-27(29(30,31)32)37(35-28)19-39-13-14-41(7,8)9/h11-12,16,20-22H,10,13-15,17-19H2,1-9H3,(H,33,35)/t22-/m1/s1. The normalized spacial score (nSPS) is 13.5. The number of carbonyl (C=O) groups excluding carboxylic acids is 1. The van der Waals surface area contributed by atoms with Crippen molar-refractivity contribution >= 4 is 33.3 Å². The van der Waals surface area contributed by atoms with Gasteiger partial charge in [0.1, 0.15) is 6.73 Å².